The van der Waals surface area contributed by atoms with Gasteiger partial charge in [-0.2, -0.15) is 0 Å². The molecule has 2 aromatic carbocycles. The standard InChI is InChI=1S/C19H20O2/c1-4-7-16-10-13-18(20-6-3)19(14-16)21-17-11-8-15(5-2)9-12-17/h4-5,7-14H,2,6H2,1,3H3/b7-4+. The zero-order chi connectivity index (χ0) is 15.1. The van der Waals surface area contributed by atoms with Crippen LogP contribution >= 0.6 is 0 Å². The first-order valence-electron chi connectivity index (χ1n) is 7.06. The van der Waals surface area contributed by atoms with Crippen LogP contribution in [0.3, 0.4) is 0 Å². The Kier molecular flexibility index (Phi) is 5.22. The maximum atomic E-state index is 5.96. The first-order chi connectivity index (χ1) is 10.3. The van der Waals surface area contributed by atoms with E-state index in [1.54, 1.807) is 0 Å². The second-order valence-electron chi connectivity index (χ2n) is 4.51. The smallest absolute Gasteiger partial charge is 0.169 e. The summed E-state index contributed by atoms with van der Waals surface area (Å²) in [5, 5.41) is 0. The Bertz CT molecular complexity index is 625. The number of benzene rings is 2. The quantitative estimate of drug-likeness (QED) is 0.690. The highest BCUT2D eigenvalue weighted by Crippen LogP contribution is 2.33. The Labute approximate surface area is 126 Å². The number of ether oxygens (including phenoxy) is 2. The van der Waals surface area contributed by atoms with E-state index in [-0.39, 0.29) is 0 Å². The lowest BCUT2D eigenvalue weighted by atomic mass is 10.2. The van der Waals surface area contributed by atoms with Gasteiger partial charge in [-0.1, -0.05) is 43.0 Å². The fourth-order valence-corrected chi connectivity index (χ4v) is 1.97. The molecular formula is C19H20O2. The second-order valence-corrected chi connectivity index (χ2v) is 4.51. The van der Waals surface area contributed by atoms with Gasteiger partial charge in [-0.25, -0.2) is 0 Å². The summed E-state index contributed by atoms with van der Waals surface area (Å²) in [5.74, 6) is 2.25. The Balaban J connectivity index is 2.30. The minimum absolute atomic E-state index is 0.606. The molecule has 0 unspecified atom stereocenters. The zero-order valence-corrected chi connectivity index (χ0v) is 12.5. The monoisotopic (exact) mass is 280 g/mol. The van der Waals surface area contributed by atoms with Gasteiger partial charge in [0.2, 0.25) is 0 Å². The molecule has 2 nitrogen and oxygen atoms in total. The zero-order valence-electron chi connectivity index (χ0n) is 12.5. The molecule has 2 heteroatoms. The van der Waals surface area contributed by atoms with Crippen molar-refractivity contribution in [2.45, 2.75) is 13.8 Å². The van der Waals surface area contributed by atoms with E-state index in [1.807, 2.05) is 74.5 Å². The highest BCUT2D eigenvalue weighted by Gasteiger charge is 2.07. The molecule has 0 saturated heterocycles. The molecule has 108 valence electrons. The van der Waals surface area contributed by atoms with Crippen LogP contribution in [0.2, 0.25) is 0 Å². The van der Waals surface area contributed by atoms with E-state index < -0.39 is 0 Å². The summed E-state index contributed by atoms with van der Waals surface area (Å²) < 4.78 is 11.6. The summed E-state index contributed by atoms with van der Waals surface area (Å²) in [5.41, 5.74) is 2.15. The SMILES string of the molecule is C=Cc1ccc(Oc2cc(/C=C/C)ccc2OCC)cc1. The van der Waals surface area contributed by atoms with Crippen LogP contribution in [0.4, 0.5) is 0 Å². The van der Waals surface area contributed by atoms with E-state index in [0.29, 0.717) is 6.61 Å². The van der Waals surface area contributed by atoms with Crippen molar-refractivity contribution in [3.05, 3.63) is 66.2 Å². The molecule has 0 atom stereocenters. The van der Waals surface area contributed by atoms with Crippen LogP contribution in [0.25, 0.3) is 12.2 Å². The minimum atomic E-state index is 0.606. The maximum absolute atomic E-state index is 5.96. The van der Waals surface area contributed by atoms with Gasteiger partial charge in [-0.3, -0.25) is 0 Å². The highest BCUT2D eigenvalue weighted by molar-refractivity contribution is 5.57. The molecule has 0 amide bonds. The van der Waals surface area contributed by atoms with Gasteiger partial charge in [-0.15, -0.1) is 0 Å². The molecule has 0 spiro atoms. The van der Waals surface area contributed by atoms with Crippen molar-refractivity contribution in [1.29, 1.82) is 0 Å². The molecule has 0 aliphatic heterocycles. The molecule has 0 bridgehead atoms. The van der Waals surface area contributed by atoms with Gasteiger partial charge in [0.15, 0.2) is 11.5 Å². The van der Waals surface area contributed by atoms with Crippen LogP contribution in [0.15, 0.2) is 55.1 Å². The summed E-state index contributed by atoms with van der Waals surface area (Å²) in [7, 11) is 0. The molecule has 0 heterocycles. The molecule has 2 aromatic rings. The lowest BCUT2D eigenvalue weighted by Crippen LogP contribution is -1.95. The van der Waals surface area contributed by atoms with Gasteiger partial charge < -0.3 is 9.47 Å². The van der Waals surface area contributed by atoms with Crippen LogP contribution in [0.1, 0.15) is 25.0 Å². The largest absolute Gasteiger partial charge is 0.490 e. The van der Waals surface area contributed by atoms with Gasteiger partial charge in [0.25, 0.3) is 0 Å². The van der Waals surface area contributed by atoms with E-state index in [4.69, 9.17) is 9.47 Å². The molecule has 0 aliphatic rings. The van der Waals surface area contributed by atoms with Gasteiger partial charge in [-0.05, 0) is 49.2 Å². The Morgan fingerprint density at radius 1 is 1.00 bits per heavy atom. The third kappa shape index (κ3) is 3.99. The van der Waals surface area contributed by atoms with Crippen molar-refractivity contribution in [2.75, 3.05) is 6.61 Å². The van der Waals surface area contributed by atoms with Crippen molar-refractivity contribution >= 4 is 12.2 Å². The molecule has 0 aromatic heterocycles. The summed E-state index contributed by atoms with van der Waals surface area (Å²) in [6.07, 6.45) is 5.84. The summed E-state index contributed by atoms with van der Waals surface area (Å²) in [6.45, 7) is 8.30. The predicted octanol–water partition coefficient (Wildman–Crippen LogP) is 5.55. The fourth-order valence-electron chi connectivity index (χ4n) is 1.97. The molecular weight excluding hydrogens is 260 g/mol. The molecule has 0 aliphatic carbocycles. The van der Waals surface area contributed by atoms with E-state index in [9.17, 15) is 0 Å². The molecule has 2 rings (SSSR count). The summed E-state index contributed by atoms with van der Waals surface area (Å²) in [4.78, 5) is 0. The third-order valence-electron chi connectivity index (χ3n) is 2.97. The summed E-state index contributed by atoms with van der Waals surface area (Å²) >= 11 is 0. The lowest BCUT2D eigenvalue weighted by molar-refractivity contribution is 0.321. The van der Waals surface area contributed by atoms with Crippen molar-refractivity contribution in [2.24, 2.45) is 0 Å². The molecule has 0 radical (unpaired) electrons. The van der Waals surface area contributed by atoms with E-state index in [2.05, 4.69) is 6.58 Å². The van der Waals surface area contributed by atoms with Gasteiger partial charge in [0, 0.05) is 0 Å². The summed E-state index contributed by atoms with van der Waals surface area (Å²) in [6, 6.07) is 13.7. The van der Waals surface area contributed by atoms with Gasteiger partial charge in [0.1, 0.15) is 5.75 Å². The topological polar surface area (TPSA) is 18.5 Å². The molecule has 0 fully saturated rings. The van der Waals surface area contributed by atoms with Crippen LogP contribution in [-0.2, 0) is 0 Å². The highest BCUT2D eigenvalue weighted by atomic mass is 16.5. The van der Waals surface area contributed by atoms with E-state index in [1.165, 1.54) is 0 Å². The van der Waals surface area contributed by atoms with Gasteiger partial charge >= 0.3 is 0 Å². The van der Waals surface area contributed by atoms with Crippen LogP contribution in [0, 0.1) is 0 Å². The average Bonchev–Trinajstić information content (AvgIpc) is 2.51. The number of hydrogen-bond acceptors (Lipinski definition) is 2. The maximum Gasteiger partial charge on any atom is 0.169 e. The third-order valence-corrected chi connectivity index (χ3v) is 2.97. The molecule has 21 heavy (non-hydrogen) atoms. The van der Waals surface area contributed by atoms with Crippen molar-refractivity contribution in [3.8, 4) is 17.2 Å². The fraction of sp³-hybridized carbons (Fsp3) is 0.158. The van der Waals surface area contributed by atoms with Crippen LogP contribution in [-0.4, -0.2) is 6.61 Å². The normalized spacial score (nSPS) is 10.6. The second kappa shape index (κ2) is 7.34. The first kappa shape index (κ1) is 14.9. The number of hydrogen-bond donors (Lipinski definition) is 0. The number of rotatable bonds is 6. The van der Waals surface area contributed by atoms with Crippen LogP contribution < -0.4 is 9.47 Å². The lowest BCUT2D eigenvalue weighted by Gasteiger charge is -2.12. The van der Waals surface area contributed by atoms with Crippen molar-refractivity contribution < 1.29 is 9.47 Å². The van der Waals surface area contributed by atoms with Crippen molar-refractivity contribution in [3.63, 3.8) is 0 Å². The Morgan fingerprint density at radius 3 is 2.33 bits per heavy atom. The van der Waals surface area contributed by atoms with Crippen LogP contribution in [0.5, 0.6) is 17.2 Å². The van der Waals surface area contributed by atoms with E-state index >= 15 is 0 Å². The minimum Gasteiger partial charge on any atom is -0.490 e. The van der Waals surface area contributed by atoms with Crippen molar-refractivity contribution in [1.82, 2.24) is 0 Å². The van der Waals surface area contributed by atoms with Gasteiger partial charge in [0.05, 0.1) is 6.61 Å². The van der Waals surface area contributed by atoms with E-state index in [0.717, 1.165) is 28.4 Å². The Hall–Kier alpha value is -2.48. The first-order valence-corrected chi connectivity index (χ1v) is 7.06. The predicted molar refractivity (Wildman–Crippen MR) is 88.9 cm³/mol. The molecule has 0 saturated carbocycles. The Morgan fingerprint density at radius 2 is 1.71 bits per heavy atom. The number of allylic oxidation sites excluding steroid dienone is 1. The average molecular weight is 280 g/mol. The molecule has 0 N–H and O–H groups in total.